The van der Waals surface area contributed by atoms with Crippen LogP contribution in [0, 0.1) is 0 Å². The van der Waals surface area contributed by atoms with Gasteiger partial charge >= 0.3 is 0 Å². The zero-order valence-electron chi connectivity index (χ0n) is 16.1. The number of nitrogens with one attached hydrogen (secondary N) is 1. The van der Waals surface area contributed by atoms with Crippen molar-refractivity contribution >= 4 is 5.91 Å². The number of aliphatic hydroxyl groups excluding tert-OH is 1. The lowest BCUT2D eigenvalue weighted by atomic mass is 10.1. The maximum Gasteiger partial charge on any atom is 0.221 e. The predicted molar refractivity (Wildman–Crippen MR) is 103 cm³/mol. The van der Waals surface area contributed by atoms with Crippen molar-refractivity contribution in [3.63, 3.8) is 0 Å². The first-order valence-electron chi connectivity index (χ1n) is 9.78. The Kier molecular flexibility index (Phi) is 7.46. The van der Waals surface area contributed by atoms with E-state index in [2.05, 4.69) is 22.2 Å². The summed E-state index contributed by atoms with van der Waals surface area (Å²) in [5, 5.41) is 12.3. The third-order valence-corrected chi connectivity index (χ3v) is 5.29. The normalized spacial score (nSPS) is 24.5. The van der Waals surface area contributed by atoms with Crippen LogP contribution in [-0.4, -0.2) is 85.9 Å². The summed E-state index contributed by atoms with van der Waals surface area (Å²) in [7, 11) is 2.13. The SMILES string of the molecule is CN1CCN(CCC(=O)N[C@@H]2CCOC[C@H]2Oc2ccc(CO)cc2)CC1. The second-order valence-electron chi connectivity index (χ2n) is 7.39. The molecule has 2 saturated heterocycles. The van der Waals surface area contributed by atoms with Crippen LogP contribution in [0.15, 0.2) is 24.3 Å². The second-order valence-corrected chi connectivity index (χ2v) is 7.39. The molecule has 3 rings (SSSR count). The number of hydrogen-bond acceptors (Lipinski definition) is 6. The molecule has 0 aromatic heterocycles. The van der Waals surface area contributed by atoms with Crippen molar-refractivity contribution < 1.29 is 19.4 Å². The summed E-state index contributed by atoms with van der Waals surface area (Å²) in [4.78, 5) is 17.1. The number of likely N-dealkylation sites (N-methyl/N-ethyl adjacent to an activating group) is 1. The zero-order valence-corrected chi connectivity index (χ0v) is 16.1. The Bertz CT molecular complexity index is 587. The fourth-order valence-electron chi connectivity index (χ4n) is 3.45. The van der Waals surface area contributed by atoms with E-state index in [1.165, 1.54) is 0 Å². The number of benzene rings is 1. The molecular weight excluding hydrogens is 346 g/mol. The van der Waals surface area contributed by atoms with Crippen LogP contribution in [0.4, 0.5) is 0 Å². The minimum atomic E-state index is -0.202. The Morgan fingerprint density at radius 1 is 1.26 bits per heavy atom. The Hall–Kier alpha value is -1.67. The summed E-state index contributed by atoms with van der Waals surface area (Å²) in [5.74, 6) is 0.796. The highest BCUT2D eigenvalue weighted by molar-refractivity contribution is 5.76. The molecule has 2 fully saturated rings. The van der Waals surface area contributed by atoms with Gasteiger partial charge < -0.3 is 29.7 Å². The largest absolute Gasteiger partial charge is 0.486 e. The van der Waals surface area contributed by atoms with Crippen molar-refractivity contribution in [2.45, 2.75) is 31.6 Å². The number of rotatable bonds is 7. The molecule has 27 heavy (non-hydrogen) atoms. The molecule has 2 aliphatic rings. The Balaban J connectivity index is 1.46. The van der Waals surface area contributed by atoms with E-state index >= 15 is 0 Å². The van der Waals surface area contributed by atoms with E-state index < -0.39 is 0 Å². The maximum atomic E-state index is 12.4. The fraction of sp³-hybridized carbons (Fsp3) is 0.650. The van der Waals surface area contributed by atoms with Crippen molar-refractivity contribution in [2.75, 3.05) is 53.0 Å². The zero-order chi connectivity index (χ0) is 19.1. The minimum absolute atomic E-state index is 0.0127. The van der Waals surface area contributed by atoms with E-state index in [1.54, 1.807) is 0 Å². The van der Waals surface area contributed by atoms with Gasteiger partial charge in [0, 0.05) is 45.8 Å². The number of amides is 1. The summed E-state index contributed by atoms with van der Waals surface area (Å²) in [6.45, 7) is 6.08. The lowest BCUT2D eigenvalue weighted by Crippen LogP contribution is -2.52. The lowest BCUT2D eigenvalue weighted by Gasteiger charge is -2.34. The number of ether oxygens (including phenoxy) is 2. The van der Waals surface area contributed by atoms with Gasteiger partial charge in [-0.1, -0.05) is 12.1 Å². The van der Waals surface area contributed by atoms with Gasteiger partial charge in [-0.2, -0.15) is 0 Å². The number of nitrogens with zero attached hydrogens (tertiary/aromatic N) is 2. The summed E-state index contributed by atoms with van der Waals surface area (Å²) in [6.07, 6.45) is 1.06. The van der Waals surface area contributed by atoms with E-state index in [0.717, 1.165) is 50.5 Å². The monoisotopic (exact) mass is 377 g/mol. The average Bonchev–Trinajstić information content (AvgIpc) is 2.70. The van der Waals surface area contributed by atoms with Crippen molar-refractivity contribution in [3.8, 4) is 5.75 Å². The molecule has 0 radical (unpaired) electrons. The molecule has 1 amide bonds. The van der Waals surface area contributed by atoms with Gasteiger partial charge in [-0.05, 0) is 31.2 Å². The predicted octanol–water partition coefficient (Wildman–Crippen LogP) is 0.469. The van der Waals surface area contributed by atoms with E-state index in [9.17, 15) is 4.79 Å². The number of carbonyl (C=O) groups excluding carboxylic acids is 1. The molecule has 2 heterocycles. The number of carbonyl (C=O) groups is 1. The van der Waals surface area contributed by atoms with Crippen LogP contribution in [-0.2, 0) is 16.1 Å². The number of aliphatic hydroxyl groups is 1. The molecular formula is C20H31N3O4. The van der Waals surface area contributed by atoms with Gasteiger partial charge in [0.25, 0.3) is 0 Å². The van der Waals surface area contributed by atoms with E-state index in [1.807, 2.05) is 24.3 Å². The Labute approximate surface area is 161 Å². The van der Waals surface area contributed by atoms with Crippen LogP contribution in [0.1, 0.15) is 18.4 Å². The van der Waals surface area contributed by atoms with Crippen LogP contribution in [0.25, 0.3) is 0 Å². The Morgan fingerprint density at radius 2 is 2.00 bits per heavy atom. The van der Waals surface area contributed by atoms with Crippen molar-refractivity contribution in [2.24, 2.45) is 0 Å². The van der Waals surface area contributed by atoms with Gasteiger partial charge in [0.1, 0.15) is 11.9 Å². The highest BCUT2D eigenvalue weighted by Gasteiger charge is 2.29. The number of piperazine rings is 1. The molecule has 0 aliphatic carbocycles. The quantitative estimate of drug-likeness (QED) is 0.720. The molecule has 7 heteroatoms. The fourth-order valence-corrected chi connectivity index (χ4v) is 3.45. The van der Waals surface area contributed by atoms with Gasteiger partial charge in [-0.25, -0.2) is 0 Å². The second kappa shape index (κ2) is 10.0. The van der Waals surface area contributed by atoms with Crippen LogP contribution < -0.4 is 10.1 Å². The first-order valence-corrected chi connectivity index (χ1v) is 9.78. The standard InChI is InChI=1S/C20H31N3O4/c1-22-9-11-23(12-10-22)8-6-20(25)21-18-7-13-26-15-19(18)27-17-4-2-16(14-24)3-5-17/h2-5,18-19,24H,6-15H2,1H3,(H,21,25)/t18-,19-/m1/s1. The average molecular weight is 377 g/mol. The molecule has 1 aromatic carbocycles. The molecule has 0 unspecified atom stereocenters. The topological polar surface area (TPSA) is 74.3 Å². The molecule has 0 bridgehead atoms. The third kappa shape index (κ3) is 6.17. The highest BCUT2D eigenvalue weighted by atomic mass is 16.5. The molecule has 0 spiro atoms. The van der Waals surface area contributed by atoms with Crippen molar-refractivity contribution in [3.05, 3.63) is 29.8 Å². The van der Waals surface area contributed by atoms with Crippen LogP contribution in [0.5, 0.6) is 5.75 Å². The molecule has 2 N–H and O–H groups in total. The van der Waals surface area contributed by atoms with Gasteiger partial charge in [-0.15, -0.1) is 0 Å². The van der Waals surface area contributed by atoms with Gasteiger partial charge in [-0.3, -0.25) is 4.79 Å². The summed E-state index contributed by atoms with van der Waals surface area (Å²) >= 11 is 0. The van der Waals surface area contributed by atoms with Gasteiger partial charge in [0.15, 0.2) is 0 Å². The van der Waals surface area contributed by atoms with Gasteiger partial charge in [0.2, 0.25) is 5.91 Å². The summed E-state index contributed by atoms with van der Waals surface area (Å²) in [6, 6.07) is 7.31. The minimum Gasteiger partial charge on any atom is -0.486 e. The molecule has 7 nitrogen and oxygen atoms in total. The van der Waals surface area contributed by atoms with Crippen LogP contribution >= 0.6 is 0 Å². The van der Waals surface area contributed by atoms with Crippen LogP contribution in [0.3, 0.4) is 0 Å². The molecule has 2 atom stereocenters. The number of hydrogen-bond donors (Lipinski definition) is 2. The van der Waals surface area contributed by atoms with E-state index in [0.29, 0.717) is 19.6 Å². The highest BCUT2D eigenvalue weighted by Crippen LogP contribution is 2.19. The third-order valence-electron chi connectivity index (χ3n) is 5.29. The molecule has 150 valence electrons. The van der Waals surface area contributed by atoms with Crippen LogP contribution in [0.2, 0.25) is 0 Å². The molecule has 0 saturated carbocycles. The van der Waals surface area contributed by atoms with E-state index in [4.69, 9.17) is 14.6 Å². The summed E-state index contributed by atoms with van der Waals surface area (Å²) < 4.78 is 11.6. The first kappa shape index (κ1) is 20.1. The van der Waals surface area contributed by atoms with Crippen molar-refractivity contribution in [1.82, 2.24) is 15.1 Å². The Morgan fingerprint density at radius 3 is 2.70 bits per heavy atom. The summed E-state index contributed by atoms with van der Waals surface area (Å²) in [5.41, 5.74) is 0.844. The lowest BCUT2D eigenvalue weighted by molar-refractivity contribution is -0.124. The maximum absolute atomic E-state index is 12.4. The first-order chi connectivity index (χ1) is 13.1. The van der Waals surface area contributed by atoms with E-state index in [-0.39, 0.29) is 24.7 Å². The smallest absolute Gasteiger partial charge is 0.221 e. The molecule has 2 aliphatic heterocycles. The van der Waals surface area contributed by atoms with Crippen molar-refractivity contribution in [1.29, 1.82) is 0 Å². The molecule has 1 aromatic rings. The van der Waals surface area contributed by atoms with Gasteiger partial charge in [0.05, 0.1) is 19.3 Å².